The predicted molar refractivity (Wildman–Crippen MR) is 37.2 cm³/mol. The van der Waals surface area contributed by atoms with Gasteiger partial charge in [0, 0.05) is 0 Å². The summed E-state index contributed by atoms with van der Waals surface area (Å²) in [5, 5.41) is 0. The molecule has 2 unspecified atom stereocenters. The minimum Gasteiger partial charge on any atom is -0.453 e. The minimum atomic E-state index is 0.137. The fourth-order valence-electron chi connectivity index (χ4n) is 0.893. The number of hydrogen-bond donors (Lipinski definition) is 0. The van der Waals surface area contributed by atoms with E-state index in [1.54, 1.807) is 11.8 Å². The van der Waals surface area contributed by atoms with Gasteiger partial charge in [-0.25, -0.2) is 0 Å². The first-order valence-electron chi connectivity index (χ1n) is 3.03. The van der Waals surface area contributed by atoms with Gasteiger partial charge >= 0.3 is 0 Å². The number of ether oxygens (including phenoxy) is 1. The molecule has 2 nitrogen and oxygen atoms in total. The van der Waals surface area contributed by atoms with Gasteiger partial charge in [-0.05, 0) is 18.1 Å². The maximum Gasteiger partial charge on any atom is 0.294 e. The van der Waals surface area contributed by atoms with Gasteiger partial charge < -0.3 is 4.74 Å². The average Bonchev–Trinajstić information content (AvgIpc) is 2.17. The van der Waals surface area contributed by atoms with Gasteiger partial charge in [0.2, 0.25) is 0 Å². The second kappa shape index (κ2) is 3.11. The van der Waals surface area contributed by atoms with Gasteiger partial charge in [0.25, 0.3) is 6.47 Å². The van der Waals surface area contributed by atoms with E-state index in [0.717, 1.165) is 12.2 Å². The summed E-state index contributed by atoms with van der Waals surface area (Å²) in [7, 11) is 0. The molecular weight excluding hydrogens is 136 g/mol. The summed E-state index contributed by atoms with van der Waals surface area (Å²) >= 11 is 1.72. The van der Waals surface area contributed by atoms with E-state index in [0.29, 0.717) is 12.4 Å². The molecule has 0 amide bonds. The van der Waals surface area contributed by atoms with Crippen LogP contribution in [0.15, 0.2) is 0 Å². The van der Waals surface area contributed by atoms with Crippen molar-refractivity contribution in [3.8, 4) is 0 Å². The predicted octanol–water partition coefficient (Wildman–Crippen LogP) is 1.26. The van der Waals surface area contributed by atoms with E-state index < -0.39 is 0 Å². The van der Waals surface area contributed by atoms with Crippen molar-refractivity contribution >= 4 is 18.2 Å². The number of thioether (sulfide) groups is 1. The maximum absolute atomic E-state index is 9.83. The second-order valence-corrected chi connectivity index (χ2v) is 3.53. The van der Waals surface area contributed by atoms with Crippen molar-refractivity contribution in [2.45, 2.75) is 18.8 Å². The fraction of sp³-hybridized carbons (Fsp3) is 0.833. The zero-order chi connectivity index (χ0) is 6.69. The third kappa shape index (κ3) is 1.90. The van der Waals surface area contributed by atoms with Crippen LogP contribution in [0.25, 0.3) is 0 Å². The molecule has 0 aromatic heterocycles. The van der Waals surface area contributed by atoms with Gasteiger partial charge in [-0.3, -0.25) is 4.79 Å². The lowest BCUT2D eigenvalue weighted by Gasteiger charge is -2.03. The number of carbonyl (C=O) groups excluding carboxylic acids is 1. The van der Waals surface area contributed by atoms with E-state index in [1.807, 2.05) is 0 Å². The number of rotatable bonds is 2. The quantitative estimate of drug-likeness (QED) is 0.548. The molecule has 9 heavy (non-hydrogen) atoms. The first kappa shape index (κ1) is 6.93. The first-order chi connectivity index (χ1) is 4.33. The second-order valence-electron chi connectivity index (χ2n) is 2.34. The third-order valence-electron chi connectivity index (χ3n) is 1.37. The van der Waals surface area contributed by atoms with Crippen LogP contribution in [0.3, 0.4) is 0 Å². The molecule has 0 spiro atoms. The number of carbonyl (C=O) groups is 1. The zero-order valence-electron chi connectivity index (χ0n) is 5.37. The lowest BCUT2D eigenvalue weighted by molar-refractivity contribution is -0.130. The molecule has 1 aliphatic rings. The van der Waals surface area contributed by atoms with Crippen molar-refractivity contribution < 1.29 is 9.53 Å². The largest absolute Gasteiger partial charge is 0.453 e. The molecule has 3 heteroatoms. The molecule has 2 atom stereocenters. The molecule has 1 fully saturated rings. The molecule has 0 saturated carbocycles. The van der Waals surface area contributed by atoms with Crippen molar-refractivity contribution in [2.24, 2.45) is 5.92 Å². The monoisotopic (exact) mass is 146 g/mol. The van der Waals surface area contributed by atoms with Crippen molar-refractivity contribution in [1.82, 2.24) is 0 Å². The Hall–Kier alpha value is -0.180. The molecule has 1 rings (SSSR count). The maximum atomic E-state index is 9.83. The van der Waals surface area contributed by atoms with E-state index in [2.05, 4.69) is 6.92 Å². The highest BCUT2D eigenvalue weighted by Crippen LogP contribution is 2.30. The van der Waals surface area contributed by atoms with Gasteiger partial charge in [-0.15, -0.1) is 11.8 Å². The van der Waals surface area contributed by atoms with Crippen LogP contribution in [0.1, 0.15) is 13.3 Å². The Kier molecular flexibility index (Phi) is 2.39. The van der Waals surface area contributed by atoms with Gasteiger partial charge in [0.05, 0.1) is 0 Å². The van der Waals surface area contributed by atoms with Crippen LogP contribution in [0, 0.1) is 5.92 Å². The summed E-state index contributed by atoms with van der Waals surface area (Å²) in [6.07, 6.45) is 1.02. The summed E-state index contributed by atoms with van der Waals surface area (Å²) in [5.41, 5.74) is 0.137. The highest BCUT2D eigenvalue weighted by Gasteiger charge is 2.22. The molecule has 1 heterocycles. The highest BCUT2D eigenvalue weighted by molar-refractivity contribution is 8.00. The topological polar surface area (TPSA) is 26.3 Å². The van der Waals surface area contributed by atoms with Crippen LogP contribution in [0.4, 0.5) is 0 Å². The van der Waals surface area contributed by atoms with Crippen LogP contribution in [-0.4, -0.2) is 17.7 Å². The Bertz CT molecular complexity index is 105. The minimum absolute atomic E-state index is 0.137. The standard InChI is InChI=1S/C6H10O2S/c1-5-2-6(8-4-7)9-3-5/h4-6H,2-3H2,1H3. The molecule has 52 valence electrons. The fourth-order valence-corrected chi connectivity index (χ4v) is 2.16. The van der Waals surface area contributed by atoms with E-state index in [9.17, 15) is 4.79 Å². The lowest BCUT2D eigenvalue weighted by atomic mass is 10.1. The molecular formula is C6H10O2S. The summed E-state index contributed by atoms with van der Waals surface area (Å²) < 4.78 is 4.76. The Morgan fingerprint density at radius 1 is 1.78 bits per heavy atom. The molecule has 0 aliphatic carbocycles. The highest BCUT2D eigenvalue weighted by atomic mass is 32.2. The van der Waals surface area contributed by atoms with E-state index in [4.69, 9.17) is 4.74 Å². The Labute approximate surface area is 59.0 Å². The molecule has 1 saturated heterocycles. The van der Waals surface area contributed by atoms with Crippen LogP contribution >= 0.6 is 11.8 Å². The number of hydrogen-bond acceptors (Lipinski definition) is 3. The van der Waals surface area contributed by atoms with Crippen molar-refractivity contribution in [3.63, 3.8) is 0 Å². The summed E-state index contributed by atoms with van der Waals surface area (Å²) in [4.78, 5) is 9.83. The Morgan fingerprint density at radius 2 is 2.56 bits per heavy atom. The molecule has 0 bridgehead atoms. The lowest BCUT2D eigenvalue weighted by Crippen LogP contribution is -2.02. The van der Waals surface area contributed by atoms with Crippen molar-refractivity contribution in [2.75, 3.05) is 5.75 Å². The van der Waals surface area contributed by atoms with Crippen LogP contribution in [0.2, 0.25) is 0 Å². The smallest absolute Gasteiger partial charge is 0.294 e. The SMILES string of the molecule is CC1CSC(OC=O)C1. The molecule has 0 N–H and O–H groups in total. The molecule has 0 radical (unpaired) electrons. The van der Waals surface area contributed by atoms with Gasteiger partial charge in [-0.2, -0.15) is 0 Å². The summed E-state index contributed by atoms with van der Waals surface area (Å²) in [5.74, 6) is 1.83. The zero-order valence-corrected chi connectivity index (χ0v) is 6.19. The summed E-state index contributed by atoms with van der Waals surface area (Å²) in [6.45, 7) is 2.71. The van der Waals surface area contributed by atoms with Gasteiger partial charge in [0.1, 0.15) is 5.44 Å². The summed E-state index contributed by atoms with van der Waals surface area (Å²) in [6, 6.07) is 0. The molecule has 0 aromatic carbocycles. The van der Waals surface area contributed by atoms with Crippen LogP contribution in [0.5, 0.6) is 0 Å². The van der Waals surface area contributed by atoms with Crippen molar-refractivity contribution in [3.05, 3.63) is 0 Å². The normalized spacial score (nSPS) is 34.3. The van der Waals surface area contributed by atoms with Crippen LogP contribution < -0.4 is 0 Å². The third-order valence-corrected chi connectivity index (χ3v) is 2.81. The van der Waals surface area contributed by atoms with Crippen molar-refractivity contribution in [1.29, 1.82) is 0 Å². The van der Waals surface area contributed by atoms with Gasteiger partial charge in [-0.1, -0.05) is 6.92 Å². The van der Waals surface area contributed by atoms with E-state index in [-0.39, 0.29) is 5.44 Å². The van der Waals surface area contributed by atoms with Crippen LogP contribution in [-0.2, 0) is 9.53 Å². The van der Waals surface area contributed by atoms with E-state index >= 15 is 0 Å². The Morgan fingerprint density at radius 3 is 3.00 bits per heavy atom. The molecule has 0 aromatic rings. The van der Waals surface area contributed by atoms with E-state index in [1.165, 1.54) is 0 Å². The van der Waals surface area contributed by atoms with Gasteiger partial charge in [0.15, 0.2) is 0 Å². The average molecular weight is 146 g/mol. The first-order valence-corrected chi connectivity index (χ1v) is 4.08. The Balaban J connectivity index is 2.21. The molecule has 1 aliphatic heterocycles.